The number of thiophene rings is 1. The van der Waals surface area contributed by atoms with Gasteiger partial charge in [-0.2, -0.15) is 0 Å². The molecule has 0 radical (unpaired) electrons. The average Bonchev–Trinajstić information content (AvgIpc) is 3.96. The van der Waals surface area contributed by atoms with Gasteiger partial charge in [0.15, 0.2) is 0 Å². The lowest BCUT2D eigenvalue weighted by Gasteiger charge is -2.40. The number of hydrogen-bond acceptors (Lipinski definition) is 4. The lowest BCUT2D eigenvalue weighted by Crippen LogP contribution is -2.60. The van der Waals surface area contributed by atoms with E-state index >= 15 is 0 Å². The molecule has 0 atom stereocenters. The fraction of sp³-hybridized carbons (Fsp3) is 0.154. The van der Waals surface area contributed by atoms with Gasteiger partial charge in [0.05, 0.1) is 16.7 Å². The summed E-state index contributed by atoms with van der Waals surface area (Å²) in [6.45, 7) is 13.5. The Morgan fingerprint density at radius 3 is 2.07 bits per heavy atom. The minimum atomic E-state index is -0.221. The van der Waals surface area contributed by atoms with E-state index in [1.165, 1.54) is 64.1 Å². The van der Waals surface area contributed by atoms with Crippen molar-refractivity contribution in [2.75, 3.05) is 4.81 Å². The molecular formula is C52H39BN2O2S. The van der Waals surface area contributed by atoms with Gasteiger partial charge in [0, 0.05) is 64.0 Å². The van der Waals surface area contributed by atoms with E-state index in [1.54, 1.807) is 0 Å². The molecule has 2 aliphatic heterocycles. The second-order valence-electron chi connectivity index (χ2n) is 18.5. The Kier molecular flexibility index (Phi) is 6.12. The predicted molar refractivity (Wildman–Crippen MR) is 247 cm³/mol. The SMILES string of the molecule is CC(C)(C)c1ccc(N2B3c4oc5ccc(C(C)(C)C)cc5c4-n4c5cc6c(cc5c5ccc(c3c54)-c3cc4oc5ccccc5c4cc32)sc2ccccc26)cc1. The zero-order valence-electron chi connectivity index (χ0n) is 33.3. The number of para-hydroxylation sites is 1. The van der Waals surface area contributed by atoms with Crippen molar-refractivity contribution < 1.29 is 8.83 Å². The standard InChI is InChI=1S/C52H39BN2O2S/c1-51(2,3)28-15-18-30(19-16-28)55-41-24-37-31-11-7-9-13-42(31)56-44(37)26-35(41)33-20-21-34-36-27-46-38(32-12-8-10-14-45(32)58-46)25-40(36)54-48(34)47(33)53(55)50-49(54)39-23-29(52(4,5)6)17-22-43(39)57-50/h7-27H,1-6H3. The topological polar surface area (TPSA) is 34.5 Å². The maximum Gasteiger partial charge on any atom is 0.375 e. The predicted octanol–water partition coefficient (Wildman–Crippen LogP) is 13.6. The molecule has 2 aliphatic rings. The third-order valence-corrected chi connectivity index (χ3v) is 14.2. The van der Waals surface area contributed by atoms with Crippen LogP contribution in [0.1, 0.15) is 52.7 Å². The van der Waals surface area contributed by atoms with Gasteiger partial charge in [0.1, 0.15) is 22.4 Å². The number of anilines is 2. The van der Waals surface area contributed by atoms with Crippen LogP contribution in [0.25, 0.3) is 91.7 Å². The third kappa shape index (κ3) is 4.20. The van der Waals surface area contributed by atoms with Crippen LogP contribution in [0.2, 0.25) is 0 Å². The van der Waals surface area contributed by atoms with Crippen molar-refractivity contribution in [3.05, 3.63) is 139 Å². The first kappa shape index (κ1) is 32.8. The number of aromatic nitrogens is 1. The van der Waals surface area contributed by atoms with Gasteiger partial charge in [-0.1, -0.05) is 108 Å². The lowest BCUT2D eigenvalue weighted by molar-refractivity contribution is 0.590. The van der Waals surface area contributed by atoms with E-state index in [9.17, 15) is 0 Å². The molecule has 0 bridgehead atoms. The third-order valence-electron chi connectivity index (χ3n) is 13.1. The minimum absolute atomic E-state index is 0.0283. The molecular weight excluding hydrogens is 727 g/mol. The van der Waals surface area contributed by atoms with Crippen LogP contribution in [0.5, 0.6) is 0 Å². The highest BCUT2D eigenvalue weighted by atomic mass is 32.1. The molecule has 4 aromatic heterocycles. The normalized spacial score (nSPS) is 14.0. The number of rotatable bonds is 1. The van der Waals surface area contributed by atoms with Gasteiger partial charge in [0.2, 0.25) is 0 Å². The molecule has 0 amide bonds. The summed E-state index contributed by atoms with van der Waals surface area (Å²) in [6, 6.07) is 47.6. The number of hydrogen-bond donors (Lipinski definition) is 0. The van der Waals surface area contributed by atoms with Crippen molar-refractivity contribution in [3.8, 4) is 16.8 Å². The molecule has 13 rings (SSSR count). The van der Waals surface area contributed by atoms with Crippen molar-refractivity contribution in [2.24, 2.45) is 0 Å². The Morgan fingerprint density at radius 2 is 1.26 bits per heavy atom. The van der Waals surface area contributed by atoms with Crippen LogP contribution in [0.3, 0.4) is 0 Å². The Morgan fingerprint density at radius 1 is 0.517 bits per heavy atom. The first-order chi connectivity index (χ1) is 28.0. The molecule has 11 aromatic rings. The summed E-state index contributed by atoms with van der Waals surface area (Å²) >= 11 is 1.88. The van der Waals surface area contributed by atoms with E-state index in [2.05, 4.69) is 178 Å². The van der Waals surface area contributed by atoms with Gasteiger partial charge in [-0.3, -0.25) is 0 Å². The molecule has 0 fully saturated rings. The van der Waals surface area contributed by atoms with Crippen LogP contribution >= 0.6 is 11.3 Å². The Labute approximate surface area is 340 Å². The van der Waals surface area contributed by atoms with Gasteiger partial charge >= 0.3 is 6.85 Å². The highest BCUT2D eigenvalue weighted by Crippen LogP contribution is 2.50. The molecule has 6 heteroatoms. The molecule has 278 valence electrons. The van der Waals surface area contributed by atoms with Crippen LogP contribution in [-0.2, 0) is 10.8 Å². The fourth-order valence-electron chi connectivity index (χ4n) is 10.2. The summed E-state index contributed by atoms with van der Waals surface area (Å²) in [4.78, 5) is 2.56. The second-order valence-corrected chi connectivity index (χ2v) is 19.6. The molecule has 0 aliphatic carbocycles. The highest BCUT2D eigenvalue weighted by Gasteiger charge is 2.47. The van der Waals surface area contributed by atoms with Crippen molar-refractivity contribution in [2.45, 2.75) is 52.4 Å². The fourth-order valence-corrected chi connectivity index (χ4v) is 11.3. The van der Waals surface area contributed by atoms with Crippen molar-refractivity contribution >= 4 is 116 Å². The zero-order chi connectivity index (χ0) is 39.0. The molecule has 0 saturated carbocycles. The van der Waals surface area contributed by atoms with E-state index < -0.39 is 0 Å². The summed E-state index contributed by atoms with van der Waals surface area (Å²) in [5.41, 5.74) is 15.8. The summed E-state index contributed by atoms with van der Waals surface area (Å²) in [5.74, 6) is 0. The average molecular weight is 767 g/mol. The number of furan rings is 2. The molecule has 6 heterocycles. The van der Waals surface area contributed by atoms with Gasteiger partial charge < -0.3 is 18.2 Å². The Hall–Kier alpha value is -6.24. The Balaban J connectivity index is 1.22. The number of benzene rings is 7. The van der Waals surface area contributed by atoms with Crippen molar-refractivity contribution in [3.63, 3.8) is 0 Å². The zero-order valence-corrected chi connectivity index (χ0v) is 34.1. The first-order valence-electron chi connectivity index (χ1n) is 20.4. The van der Waals surface area contributed by atoms with E-state index in [-0.39, 0.29) is 17.7 Å². The maximum atomic E-state index is 7.31. The van der Waals surface area contributed by atoms with E-state index in [1.807, 2.05) is 11.3 Å². The van der Waals surface area contributed by atoms with Crippen LogP contribution < -0.4 is 15.9 Å². The van der Waals surface area contributed by atoms with Crippen LogP contribution in [0.4, 0.5) is 11.4 Å². The second kappa shape index (κ2) is 10.8. The molecule has 58 heavy (non-hydrogen) atoms. The molecule has 0 unspecified atom stereocenters. The van der Waals surface area contributed by atoms with Crippen LogP contribution in [0, 0.1) is 0 Å². The summed E-state index contributed by atoms with van der Waals surface area (Å²) in [5, 5.41) is 8.53. The first-order valence-corrected chi connectivity index (χ1v) is 21.2. The highest BCUT2D eigenvalue weighted by molar-refractivity contribution is 7.25. The van der Waals surface area contributed by atoms with E-state index in [0.29, 0.717) is 0 Å². The van der Waals surface area contributed by atoms with Gasteiger partial charge in [-0.25, -0.2) is 0 Å². The monoisotopic (exact) mass is 766 g/mol. The summed E-state index contributed by atoms with van der Waals surface area (Å²) < 4.78 is 19.1. The summed E-state index contributed by atoms with van der Waals surface area (Å²) in [7, 11) is 0. The number of nitrogens with zero attached hydrogens (tertiary/aromatic N) is 2. The molecule has 0 spiro atoms. The smallest absolute Gasteiger partial charge is 0.375 e. The Bertz CT molecular complexity index is 3600. The molecule has 0 saturated heterocycles. The lowest BCUT2D eigenvalue weighted by atomic mass is 9.46. The van der Waals surface area contributed by atoms with E-state index in [0.717, 1.165) is 61.2 Å². The molecule has 0 N–H and O–H groups in total. The molecule has 7 aromatic carbocycles. The quantitative estimate of drug-likeness (QED) is 0.156. The summed E-state index contributed by atoms with van der Waals surface area (Å²) in [6.07, 6.45) is 0. The van der Waals surface area contributed by atoms with Gasteiger partial charge in [-0.05, 0) is 93.6 Å². The number of fused-ring (bicyclic) bond motifs is 16. The van der Waals surface area contributed by atoms with Crippen LogP contribution in [-0.4, -0.2) is 11.4 Å². The van der Waals surface area contributed by atoms with Crippen LogP contribution in [0.15, 0.2) is 136 Å². The van der Waals surface area contributed by atoms with Gasteiger partial charge in [0.25, 0.3) is 0 Å². The maximum absolute atomic E-state index is 7.31. The largest absolute Gasteiger partial charge is 0.466 e. The van der Waals surface area contributed by atoms with Crippen molar-refractivity contribution in [1.82, 2.24) is 4.57 Å². The van der Waals surface area contributed by atoms with E-state index in [4.69, 9.17) is 8.83 Å². The van der Waals surface area contributed by atoms with Crippen molar-refractivity contribution in [1.29, 1.82) is 0 Å². The molecule has 4 nitrogen and oxygen atoms in total. The van der Waals surface area contributed by atoms with Gasteiger partial charge in [-0.15, -0.1) is 11.3 Å². The minimum Gasteiger partial charge on any atom is -0.466 e.